The van der Waals surface area contributed by atoms with Crippen molar-refractivity contribution in [2.45, 2.75) is 32.1 Å². The molecule has 2 aliphatic rings. The second-order valence-corrected chi connectivity index (χ2v) is 7.00. The third-order valence-electron chi connectivity index (χ3n) is 5.15. The Morgan fingerprint density at radius 2 is 1.46 bits per heavy atom. The topological polar surface area (TPSA) is 61.4 Å². The number of nitrogens with one attached hydrogen (secondary N) is 1. The molecule has 26 heavy (non-hydrogen) atoms. The largest absolute Gasteiger partial charge is 0.372 e. The van der Waals surface area contributed by atoms with E-state index in [1.165, 1.54) is 37.8 Å². The molecule has 2 saturated heterocycles. The van der Waals surface area contributed by atoms with Gasteiger partial charge in [0.15, 0.2) is 0 Å². The van der Waals surface area contributed by atoms with Gasteiger partial charge in [-0.3, -0.25) is 4.79 Å². The van der Waals surface area contributed by atoms with Crippen molar-refractivity contribution in [2.24, 2.45) is 0 Å². The van der Waals surface area contributed by atoms with E-state index >= 15 is 0 Å². The van der Waals surface area contributed by atoms with Gasteiger partial charge in [-0.15, -0.1) is 0 Å². The number of piperidine rings is 1. The van der Waals surface area contributed by atoms with Crippen molar-refractivity contribution >= 4 is 23.1 Å². The van der Waals surface area contributed by atoms with Gasteiger partial charge in [0, 0.05) is 37.6 Å². The van der Waals surface area contributed by atoms with Crippen LogP contribution in [0.1, 0.15) is 42.6 Å². The highest BCUT2D eigenvalue weighted by atomic mass is 16.1. The molecule has 136 valence electrons. The summed E-state index contributed by atoms with van der Waals surface area (Å²) in [7, 11) is 0. The molecule has 0 unspecified atom stereocenters. The van der Waals surface area contributed by atoms with Gasteiger partial charge in [-0.2, -0.15) is 0 Å². The van der Waals surface area contributed by atoms with Crippen molar-refractivity contribution in [1.82, 2.24) is 9.97 Å². The smallest absolute Gasteiger partial charge is 0.275 e. The summed E-state index contributed by atoms with van der Waals surface area (Å²) in [4.78, 5) is 25.7. The van der Waals surface area contributed by atoms with Gasteiger partial charge >= 0.3 is 0 Å². The van der Waals surface area contributed by atoms with E-state index in [9.17, 15) is 4.79 Å². The maximum absolute atomic E-state index is 12.4. The number of hydrogen-bond acceptors (Lipinski definition) is 5. The average Bonchev–Trinajstić information content (AvgIpc) is 3.24. The second-order valence-electron chi connectivity index (χ2n) is 7.00. The minimum atomic E-state index is -0.225. The van der Waals surface area contributed by atoms with E-state index in [1.54, 1.807) is 12.4 Å². The van der Waals surface area contributed by atoms with Gasteiger partial charge in [-0.1, -0.05) is 0 Å². The maximum Gasteiger partial charge on any atom is 0.275 e. The van der Waals surface area contributed by atoms with Crippen LogP contribution in [0.3, 0.4) is 0 Å². The highest BCUT2D eigenvalue weighted by Crippen LogP contribution is 2.22. The predicted molar refractivity (Wildman–Crippen MR) is 104 cm³/mol. The normalized spacial score (nSPS) is 17.4. The van der Waals surface area contributed by atoms with Crippen molar-refractivity contribution < 1.29 is 4.79 Å². The van der Waals surface area contributed by atoms with Gasteiger partial charge in [0.2, 0.25) is 0 Å². The summed E-state index contributed by atoms with van der Waals surface area (Å²) in [6.07, 6.45) is 9.44. The lowest BCUT2D eigenvalue weighted by molar-refractivity contribution is 0.102. The van der Waals surface area contributed by atoms with Crippen molar-refractivity contribution in [3.8, 4) is 0 Å². The number of benzene rings is 1. The molecule has 6 heteroatoms. The molecule has 6 nitrogen and oxygen atoms in total. The van der Waals surface area contributed by atoms with E-state index in [2.05, 4.69) is 37.2 Å². The summed E-state index contributed by atoms with van der Waals surface area (Å²) in [5.74, 6) is 0.632. The number of nitrogens with zero attached hydrogens (tertiary/aromatic N) is 4. The minimum absolute atomic E-state index is 0.225. The Kier molecular flexibility index (Phi) is 5.00. The molecule has 2 fully saturated rings. The molecular weight excluding hydrogens is 326 g/mol. The molecule has 3 heterocycles. The van der Waals surface area contributed by atoms with Crippen LogP contribution in [-0.2, 0) is 0 Å². The maximum atomic E-state index is 12.4. The van der Waals surface area contributed by atoms with Crippen LogP contribution in [0.15, 0.2) is 36.7 Å². The van der Waals surface area contributed by atoms with Gasteiger partial charge in [-0.05, 0) is 56.4 Å². The van der Waals surface area contributed by atoms with Crippen LogP contribution in [0.5, 0.6) is 0 Å². The van der Waals surface area contributed by atoms with Gasteiger partial charge in [0.05, 0.1) is 12.4 Å². The first kappa shape index (κ1) is 16.8. The fourth-order valence-corrected chi connectivity index (χ4v) is 3.65. The lowest BCUT2D eigenvalue weighted by atomic mass is 10.1. The Morgan fingerprint density at radius 3 is 2.12 bits per heavy atom. The van der Waals surface area contributed by atoms with Crippen LogP contribution in [-0.4, -0.2) is 42.1 Å². The lowest BCUT2D eigenvalue weighted by Gasteiger charge is -2.27. The highest BCUT2D eigenvalue weighted by Gasteiger charge is 2.15. The molecule has 1 aromatic heterocycles. The first-order valence-corrected chi connectivity index (χ1v) is 9.53. The van der Waals surface area contributed by atoms with E-state index in [4.69, 9.17) is 0 Å². The Bertz CT molecular complexity index is 732. The standard InChI is InChI=1S/C20H25N5O/c26-20(18-14-22-19(15-21-18)25-12-2-1-3-13-25)23-16-6-8-17(9-7-16)24-10-4-5-11-24/h6-9,14-15H,1-5,10-13H2,(H,23,26). The van der Waals surface area contributed by atoms with Crippen LogP contribution < -0.4 is 15.1 Å². The Hall–Kier alpha value is -2.63. The fraction of sp³-hybridized carbons (Fsp3) is 0.450. The highest BCUT2D eigenvalue weighted by molar-refractivity contribution is 6.02. The molecule has 1 N–H and O–H groups in total. The third kappa shape index (κ3) is 3.79. The van der Waals surface area contributed by atoms with Crippen molar-refractivity contribution in [3.63, 3.8) is 0 Å². The number of carbonyl (C=O) groups excluding carboxylic acids is 1. The minimum Gasteiger partial charge on any atom is -0.372 e. The molecule has 4 rings (SSSR count). The van der Waals surface area contributed by atoms with E-state index in [1.807, 2.05) is 12.1 Å². The predicted octanol–water partition coefficient (Wildman–Crippen LogP) is 3.32. The Labute approximate surface area is 154 Å². The first-order chi connectivity index (χ1) is 12.8. The molecule has 0 saturated carbocycles. The monoisotopic (exact) mass is 351 g/mol. The lowest BCUT2D eigenvalue weighted by Crippen LogP contribution is -2.30. The van der Waals surface area contributed by atoms with Crippen molar-refractivity contribution in [2.75, 3.05) is 41.3 Å². The molecule has 0 spiro atoms. The summed E-state index contributed by atoms with van der Waals surface area (Å²) in [6.45, 7) is 4.27. The van der Waals surface area contributed by atoms with E-state index in [0.717, 1.165) is 37.7 Å². The summed E-state index contributed by atoms with van der Waals surface area (Å²) in [5.41, 5.74) is 2.33. The van der Waals surface area contributed by atoms with Gasteiger partial charge in [0.25, 0.3) is 5.91 Å². The van der Waals surface area contributed by atoms with E-state index in [-0.39, 0.29) is 5.91 Å². The number of rotatable bonds is 4. The van der Waals surface area contributed by atoms with Crippen LogP contribution in [0.2, 0.25) is 0 Å². The van der Waals surface area contributed by atoms with Gasteiger partial charge in [-0.25, -0.2) is 9.97 Å². The number of hydrogen-bond donors (Lipinski definition) is 1. The zero-order valence-corrected chi connectivity index (χ0v) is 15.0. The Balaban J connectivity index is 1.38. The SMILES string of the molecule is O=C(Nc1ccc(N2CCCC2)cc1)c1cnc(N2CCCCC2)cn1. The molecule has 1 aromatic carbocycles. The molecule has 2 aromatic rings. The molecule has 0 atom stereocenters. The number of anilines is 3. The Morgan fingerprint density at radius 1 is 0.808 bits per heavy atom. The molecule has 0 aliphatic carbocycles. The third-order valence-corrected chi connectivity index (χ3v) is 5.15. The van der Waals surface area contributed by atoms with Crippen molar-refractivity contribution in [3.05, 3.63) is 42.4 Å². The van der Waals surface area contributed by atoms with Gasteiger partial charge in [0.1, 0.15) is 11.5 Å². The van der Waals surface area contributed by atoms with E-state index < -0.39 is 0 Å². The number of amides is 1. The molecule has 0 radical (unpaired) electrons. The van der Waals surface area contributed by atoms with Gasteiger partial charge < -0.3 is 15.1 Å². The zero-order chi connectivity index (χ0) is 17.8. The molecule has 0 bridgehead atoms. The number of carbonyl (C=O) groups is 1. The number of aromatic nitrogens is 2. The van der Waals surface area contributed by atoms with Crippen LogP contribution >= 0.6 is 0 Å². The summed E-state index contributed by atoms with van der Waals surface area (Å²) in [6, 6.07) is 8.01. The molecule has 1 amide bonds. The summed E-state index contributed by atoms with van der Waals surface area (Å²) in [5, 5.41) is 2.90. The van der Waals surface area contributed by atoms with E-state index in [0.29, 0.717) is 5.69 Å². The fourth-order valence-electron chi connectivity index (χ4n) is 3.65. The second kappa shape index (κ2) is 7.72. The molecular formula is C20H25N5O. The first-order valence-electron chi connectivity index (χ1n) is 9.53. The quantitative estimate of drug-likeness (QED) is 0.916. The summed E-state index contributed by atoms with van der Waals surface area (Å²) >= 11 is 0. The van der Waals surface area contributed by atoms with Crippen LogP contribution in [0.4, 0.5) is 17.2 Å². The average molecular weight is 351 g/mol. The van der Waals surface area contributed by atoms with Crippen LogP contribution in [0, 0.1) is 0 Å². The molecule has 2 aliphatic heterocycles. The van der Waals surface area contributed by atoms with Crippen molar-refractivity contribution in [1.29, 1.82) is 0 Å². The zero-order valence-electron chi connectivity index (χ0n) is 15.0. The van der Waals surface area contributed by atoms with Crippen LogP contribution in [0.25, 0.3) is 0 Å². The summed E-state index contributed by atoms with van der Waals surface area (Å²) < 4.78 is 0.